The van der Waals surface area contributed by atoms with Gasteiger partial charge in [0, 0.05) is 60.3 Å². The quantitative estimate of drug-likeness (QED) is 0.0300. The molecule has 0 saturated carbocycles. The molecule has 2 aromatic heterocycles. The van der Waals surface area contributed by atoms with Gasteiger partial charge in [0.2, 0.25) is 11.8 Å². The maximum Gasteiger partial charge on any atom is 0.407 e. The summed E-state index contributed by atoms with van der Waals surface area (Å²) in [5.41, 5.74) is -3.38. The second kappa shape index (κ2) is 23.8. The highest BCUT2D eigenvalue weighted by Crippen LogP contribution is 2.42. The van der Waals surface area contributed by atoms with E-state index in [0.29, 0.717) is 68.2 Å². The number of alkyl carbamates (subject to hydrolysis) is 1. The number of likely N-dealkylation sites (N-methyl/N-ethyl adjacent to an activating group) is 1. The summed E-state index contributed by atoms with van der Waals surface area (Å²) in [5.74, 6) is 0.346. The van der Waals surface area contributed by atoms with Gasteiger partial charge in [-0.25, -0.2) is 33.0 Å². The Labute approximate surface area is 444 Å². The zero-order valence-electron chi connectivity index (χ0n) is 42.7. The number of hydrogen-bond donors (Lipinski definition) is 6. The number of carboxylic acid groups (broad SMARTS) is 1. The van der Waals surface area contributed by atoms with Crippen molar-refractivity contribution in [3.63, 3.8) is 0 Å². The maximum atomic E-state index is 16.0. The second-order valence-corrected chi connectivity index (χ2v) is 19.5. The van der Waals surface area contributed by atoms with Crippen molar-refractivity contribution in [3.8, 4) is 34.4 Å². The predicted octanol–water partition coefficient (Wildman–Crippen LogP) is 6.92. The molecule has 5 aromatic rings. The summed E-state index contributed by atoms with van der Waals surface area (Å²) in [6.45, 7) is -2.93. The normalized spacial score (nSPS) is 14.6. The van der Waals surface area contributed by atoms with Crippen molar-refractivity contribution in [2.75, 3.05) is 20.7 Å². The van der Waals surface area contributed by atoms with Crippen LogP contribution < -0.4 is 21.4 Å². The highest BCUT2D eigenvalue weighted by atomic mass is 19.4. The third kappa shape index (κ3) is 14.3. The first-order valence-electron chi connectivity index (χ1n) is 23.6. The number of rotatable bonds is 18. The van der Waals surface area contributed by atoms with Gasteiger partial charge in [0.25, 0.3) is 5.91 Å². The van der Waals surface area contributed by atoms with Crippen LogP contribution in [0.3, 0.4) is 0 Å². The lowest BCUT2D eigenvalue weighted by Crippen LogP contribution is -2.63. The highest BCUT2D eigenvalue weighted by Gasteiger charge is 2.57. The van der Waals surface area contributed by atoms with E-state index in [1.807, 2.05) is 10.7 Å². The Morgan fingerprint density at radius 1 is 0.785 bits per heavy atom. The Hall–Kier alpha value is -8.19. The fraction of sp³-hybridized carbons (Fsp3) is 0.392. The molecule has 18 nitrogen and oxygen atoms in total. The van der Waals surface area contributed by atoms with E-state index >= 15 is 8.78 Å². The van der Waals surface area contributed by atoms with Crippen molar-refractivity contribution in [2.45, 2.75) is 96.9 Å². The Morgan fingerprint density at radius 2 is 1.34 bits per heavy atom. The van der Waals surface area contributed by atoms with Crippen LogP contribution >= 0.6 is 0 Å². The van der Waals surface area contributed by atoms with Crippen LogP contribution in [0, 0.1) is 34.3 Å². The van der Waals surface area contributed by atoms with Crippen LogP contribution in [0.15, 0.2) is 79.1 Å². The fourth-order valence-electron chi connectivity index (χ4n) is 8.01. The van der Waals surface area contributed by atoms with Gasteiger partial charge in [0.1, 0.15) is 36.1 Å². The number of aliphatic hydroxyl groups excluding tert-OH is 1. The summed E-state index contributed by atoms with van der Waals surface area (Å²) in [7, 11) is 2.48. The molecular weight excluding hydrogens is 1070 g/mol. The molecule has 0 radical (unpaired) electrons. The standard InChI is InChI=1S/C51H52F10N10O8/c1-48(2,50(56,57)58)41(65-47(78)79-6)43(74)63-36(19-29-11-9-27(10-12-29)7-8-28-13-15-30(16-14-28)37-23-69-26-40(73)68(5)25-39(69)62-37)38(72)24-70(67-44(75)42(64-46(76)77)49(3,4)51(59,60)61)22-32-33(52)20-31(21-34(32)53)35-17-18-71(66-35)45(54)55/h9-18,20-21,23,36,38,41-42,45,64,72H,19,22,24-26H2,1-6H3,(H,63,74)(H,65,78)(H,67,75)(H,76,77)/t36-,38-,41+,42+/m0/s1. The van der Waals surface area contributed by atoms with E-state index in [-0.39, 0.29) is 34.0 Å². The number of alkyl halides is 8. The van der Waals surface area contributed by atoms with Crippen LogP contribution in [0.2, 0.25) is 0 Å². The monoisotopic (exact) mass is 1120 g/mol. The lowest BCUT2D eigenvalue weighted by Gasteiger charge is -2.38. The topological polar surface area (TPSA) is 225 Å². The molecule has 0 saturated heterocycles. The zero-order valence-corrected chi connectivity index (χ0v) is 42.7. The van der Waals surface area contributed by atoms with Crippen LogP contribution in [-0.2, 0) is 45.2 Å². The van der Waals surface area contributed by atoms with Crippen LogP contribution in [0.1, 0.15) is 62.3 Å². The van der Waals surface area contributed by atoms with Crippen LogP contribution in [0.25, 0.3) is 22.5 Å². The summed E-state index contributed by atoms with van der Waals surface area (Å²) in [5, 5.41) is 31.0. The van der Waals surface area contributed by atoms with Gasteiger partial charge in [-0.3, -0.25) is 19.8 Å². The number of carbonyl (C=O) groups excluding carboxylic acids is 4. The summed E-state index contributed by atoms with van der Waals surface area (Å²) in [4.78, 5) is 70.3. The average Bonchev–Trinajstić information content (AvgIpc) is 4.05. The number of aromatic nitrogens is 4. The van der Waals surface area contributed by atoms with E-state index in [0.717, 1.165) is 30.8 Å². The highest BCUT2D eigenvalue weighted by molar-refractivity contribution is 5.87. The second-order valence-electron chi connectivity index (χ2n) is 19.5. The lowest BCUT2D eigenvalue weighted by molar-refractivity contribution is -0.221. The van der Waals surface area contributed by atoms with Gasteiger partial charge in [0.15, 0.2) is 0 Å². The number of imidazole rings is 1. The predicted molar refractivity (Wildman–Crippen MR) is 260 cm³/mol. The molecule has 6 rings (SSSR count). The summed E-state index contributed by atoms with van der Waals surface area (Å²) in [6.07, 6.45) is -14.2. The van der Waals surface area contributed by atoms with Crippen molar-refractivity contribution in [3.05, 3.63) is 119 Å². The van der Waals surface area contributed by atoms with Crippen molar-refractivity contribution in [1.82, 2.24) is 50.6 Å². The first-order chi connectivity index (χ1) is 36.8. The maximum absolute atomic E-state index is 16.0. The van der Waals surface area contributed by atoms with Gasteiger partial charge in [-0.05, 0) is 82.1 Å². The molecule has 28 heteroatoms. The largest absolute Gasteiger partial charge is 0.465 e. The van der Waals surface area contributed by atoms with E-state index in [4.69, 9.17) is 0 Å². The van der Waals surface area contributed by atoms with Gasteiger partial charge in [-0.1, -0.05) is 36.1 Å². The van der Waals surface area contributed by atoms with Gasteiger partial charge in [0.05, 0.1) is 48.0 Å². The molecule has 6 N–H and O–H groups in total. The number of nitrogens with zero attached hydrogens (tertiary/aromatic N) is 6. The van der Waals surface area contributed by atoms with E-state index in [2.05, 4.69) is 32.0 Å². The molecule has 5 amide bonds. The molecule has 424 valence electrons. The Bertz CT molecular complexity index is 3090. The molecule has 0 fully saturated rings. The lowest BCUT2D eigenvalue weighted by atomic mass is 9.82. The number of aliphatic hydroxyl groups is 1. The minimum absolute atomic E-state index is 0.0552. The molecule has 0 bridgehead atoms. The number of benzene rings is 3. The molecule has 1 aliphatic rings. The number of hydrogen-bond acceptors (Lipinski definition) is 10. The number of halogens is 10. The van der Waals surface area contributed by atoms with Crippen LogP contribution in [0.5, 0.6) is 0 Å². The smallest absolute Gasteiger partial charge is 0.407 e. The number of fused-ring (bicyclic) bond motifs is 1. The SMILES string of the molecule is COC(=O)N[C@H](C(=O)N[C@@H](Cc1ccc(C#Cc2ccc(-c3cn4c(n3)CN(C)C(=O)C4)cc2)cc1)[C@@H](O)CN(Cc1c(F)cc(-c2ccn(C(F)F)n2)cc1F)NC(=O)[C@@H](NC(=O)O)C(C)(C)C(F)(F)F)C(C)(C)C(F)(F)F. The van der Waals surface area contributed by atoms with Gasteiger partial charge in [-0.15, -0.1) is 0 Å². The molecule has 79 heavy (non-hydrogen) atoms. The molecule has 1 aliphatic heterocycles. The molecule has 3 aromatic carbocycles. The molecule has 4 atom stereocenters. The van der Waals surface area contributed by atoms with Crippen molar-refractivity contribution < 1.29 is 82.8 Å². The summed E-state index contributed by atoms with van der Waals surface area (Å²) < 4.78 is 152. The Balaban J connectivity index is 1.34. The van der Waals surface area contributed by atoms with E-state index < -0.39 is 115 Å². The number of nitrogens with one attached hydrogen (secondary N) is 4. The average molecular weight is 1120 g/mol. The van der Waals surface area contributed by atoms with Gasteiger partial charge < -0.3 is 40.4 Å². The van der Waals surface area contributed by atoms with Crippen LogP contribution in [0.4, 0.5) is 53.5 Å². The fourth-order valence-corrected chi connectivity index (χ4v) is 8.01. The summed E-state index contributed by atoms with van der Waals surface area (Å²) >= 11 is 0. The first kappa shape index (κ1) is 60.0. The van der Waals surface area contributed by atoms with Crippen molar-refractivity contribution in [2.24, 2.45) is 10.8 Å². The molecule has 0 unspecified atom stereocenters. The zero-order chi connectivity index (χ0) is 58.5. The van der Waals surface area contributed by atoms with E-state index in [9.17, 15) is 69.3 Å². The number of carbonyl (C=O) groups is 5. The number of amides is 5. The van der Waals surface area contributed by atoms with E-state index in [1.165, 1.54) is 29.6 Å². The minimum atomic E-state index is -5.29. The Morgan fingerprint density at radius 3 is 1.86 bits per heavy atom. The minimum Gasteiger partial charge on any atom is -0.465 e. The Kier molecular flexibility index (Phi) is 18.1. The number of ether oxygens (including phenoxy) is 1. The van der Waals surface area contributed by atoms with Crippen molar-refractivity contribution in [1.29, 1.82) is 0 Å². The number of hydrazine groups is 1. The third-order valence-corrected chi connectivity index (χ3v) is 13.1. The molecule has 0 aliphatic carbocycles. The first-order valence-corrected chi connectivity index (χ1v) is 23.6. The van der Waals surface area contributed by atoms with E-state index in [1.54, 1.807) is 47.0 Å². The van der Waals surface area contributed by atoms with Gasteiger partial charge in [-0.2, -0.15) is 40.2 Å². The molecular formula is C51H52F10N10O8. The third-order valence-electron chi connectivity index (χ3n) is 13.1. The summed E-state index contributed by atoms with van der Waals surface area (Å²) in [6, 6.07) is 8.21. The van der Waals surface area contributed by atoms with Crippen LogP contribution in [-0.4, -0.2) is 127 Å². The molecule has 3 heterocycles. The van der Waals surface area contributed by atoms with Gasteiger partial charge >= 0.3 is 31.1 Å². The number of methoxy groups -OCH3 is 1. The van der Waals surface area contributed by atoms with Crippen molar-refractivity contribution >= 4 is 29.9 Å². The molecule has 0 spiro atoms.